The van der Waals surface area contributed by atoms with Crippen LogP contribution in [0.4, 0.5) is 10.1 Å². The highest BCUT2D eigenvalue weighted by Gasteiger charge is 2.49. The van der Waals surface area contributed by atoms with Gasteiger partial charge in [-0.3, -0.25) is 9.69 Å². The summed E-state index contributed by atoms with van der Waals surface area (Å²) in [5, 5.41) is 0. The van der Waals surface area contributed by atoms with E-state index in [0.29, 0.717) is 12.5 Å². The number of sulfone groups is 1. The van der Waals surface area contributed by atoms with E-state index in [1.165, 1.54) is 17.7 Å². The van der Waals surface area contributed by atoms with Gasteiger partial charge < -0.3 is 4.90 Å². The minimum Gasteiger partial charge on any atom is -0.306 e. The van der Waals surface area contributed by atoms with Crippen molar-refractivity contribution in [2.45, 2.75) is 38.4 Å². The van der Waals surface area contributed by atoms with Crippen molar-refractivity contribution < 1.29 is 17.6 Å². The quantitative estimate of drug-likeness (QED) is 0.769. The number of halogens is 1. The topological polar surface area (TPSA) is 57.7 Å². The minimum absolute atomic E-state index is 0.0325. The predicted octanol–water partition coefficient (Wildman–Crippen LogP) is 2.96. The molecule has 0 aliphatic carbocycles. The fourth-order valence-electron chi connectivity index (χ4n) is 4.31. The van der Waals surface area contributed by atoms with Crippen molar-refractivity contribution in [3.05, 3.63) is 65.5 Å². The Balaban J connectivity index is 1.63. The first-order valence-electron chi connectivity index (χ1n) is 9.84. The van der Waals surface area contributed by atoms with Gasteiger partial charge in [0.15, 0.2) is 9.84 Å². The molecule has 2 heterocycles. The Hall–Kier alpha value is -2.25. The van der Waals surface area contributed by atoms with Gasteiger partial charge in [-0.25, -0.2) is 12.8 Å². The Morgan fingerprint density at radius 1 is 1.00 bits per heavy atom. The lowest BCUT2D eigenvalue weighted by Crippen LogP contribution is -2.61. The molecule has 2 aliphatic rings. The van der Waals surface area contributed by atoms with Crippen LogP contribution in [0.5, 0.6) is 0 Å². The van der Waals surface area contributed by atoms with E-state index in [-0.39, 0.29) is 35.8 Å². The van der Waals surface area contributed by atoms with Gasteiger partial charge in [-0.1, -0.05) is 38.1 Å². The van der Waals surface area contributed by atoms with E-state index in [1.54, 1.807) is 17.0 Å². The Kier molecular flexibility index (Phi) is 5.21. The Morgan fingerprint density at radius 2 is 1.62 bits per heavy atom. The van der Waals surface area contributed by atoms with Crippen molar-refractivity contribution in [2.75, 3.05) is 23.0 Å². The third kappa shape index (κ3) is 4.07. The lowest BCUT2D eigenvalue weighted by molar-refractivity contribution is -0.123. The van der Waals surface area contributed by atoms with Gasteiger partial charge in [-0.2, -0.15) is 0 Å². The highest BCUT2D eigenvalue weighted by atomic mass is 32.2. The Labute approximate surface area is 171 Å². The van der Waals surface area contributed by atoms with E-state index in [9.17, 15) is 17.6 Å². The first kappa shape index (κ1) is 20.0. The van der Waals surface area contributed by atoms with Gasteiger partial charge in [0.2, 0.25) is 5.91 Å². The monoisotopic (exact) mass is 416 g/mol. The van der Waals surface area contributed by atoms with Crippen LogP contribution < -0.4 is 4.90 Å². The lowest BCUT2D eigenvalue weighted by atomic mass is 10.00. The van der Waals surface area contributed by atoms with Gasteiger partial charge in [0, 0.05) is 18.3 Å². The van der Waals surface area contributed by atoms with Crippen molar-refractivity contribution in [2.24, 2.45) is 0 Å². The summed E-state index contributed by atoms with van der Waals surface area (Å²) in [6.07, 6.45) is 0. The van der Waals surface area contributed by atoms with Crippen LogP contribution in [0.2, 0.25) is 0 Å². The van der Waals surface area contributed by atoms with Crippen molar-refractivity contribution in [3.63, 3.8) is 0 Å². The standard InChI is InChI=1S/C22H25FN2O3S/c1-15(2)17-5-9-19(10-6-17)25-21-14-29(27,28)13-20(21)24(12-22(25)26)11-16-3-7-18(23)8-4-16/h3-10,15,20-21H,11-14H2,1-2H3/t20-,21+/m1/s1. The average molecular weight is 417 g/mol. The number of piperazine rings is 1. The summed E-state index contributed by atoms with van der Waals surface area (Å²) in [4.78, 5) is 16.6. The van der Waals surface area contributed by atoms with Gasteiger partial charge in [0.05, 0.1) is 24.1 Å². The normalized spacial score (nSPS) is 24.1. The largest absolute Gasteiger partial charge is 0.306 e. The molecule has 2 aliphatic heterocycles. The smallest absolute Gasteiger partial charge is 0.241 e. The third-order valence-electron chi connectivity index (χ3n) is 5.84. The van der Waals surface area contributed by atoms with Crippen LogP contribution in [0.25, 0.3) is 0 Å². The molecule has 154 valence electrons. The van der Waals surface area contributed by atoms with Gasteiger partial charge in [0.25, 0.3) is 0 Å². The zero-order chi connectivity index (χ0) is 20.8. The Bertz CT molecular complexity index is 1000. The minimum atomic E-state index is -3.24. The molecule has 1 amide bonds. The predicted molar refractivity (Wildman–Crippen MR) is 111 cm³/mol. The molecule has 0 radical (unpaired) electrons. The summed E-state index contributed by atoms with van der Waals surface area (Å²) in [7, 11) is -3.24. The van der Waals surface area contributed by atoms with Crippen molar-refractivity contribution in [3.8, 4) is 0 Å². The molecule has 2 fully saturated rings. The van der Waals surface area contributed by atoms with Crippen LogP contribution in [-0.4, -0.2) is 49.4 Å². The molecule has 5 nitrogen and oxygen atoms in total. The fraction of sp³-hybridized carbons (Fsp3) is 0.409. The maximum atomic E-state index is 13.2. The van der Waals surface area contributed by atoms with E-state index < -0.39 is 15.9 Å². The highest BCUT2D eigenvalue weighted by Crippen LogP contribution is 2.33. The SMILES string of the molecule is CC(C)c1ccc(N2C(=O)CN(Cc3ccc(F)cc3)[C@@H]3CS(=O)(=O)C[C@@H]32)cc1. The molecule has 0 unspecified atom stereocenters. The molecule has 2 aromatic carbocycles. The molecule has 2 atom stereocenters. The van der Waals surface area contributed by atoms with Crippen molar-refractivity contribution >= 4 is 21.4 Å². The molecule has 7 heteroatoms. The lowest BCUT2D eigenvalue weighted by Gasteiger charge is -2.43. The van der Waals surface area contributed by atoms with Crippen LogP contribution >= 0.6 is 0 Å². The van der Waals surface area contributed by atoms with Crippen LogP contribution in [-0.2, 0) is 21.2 Å². The maximum Gasteiger partial charge on any atom is 0.241 e. The highest BCUT2D eigenvalue weighted by molar-refractivity contribution is 7.91. The maximum absolute atomic E-state index is 13.2. The molecular weight excluding hydrogens is 391 g/mol. The number of hydrogen-bond acceptors (Lipinski definition) is 4. The van der Waals surface area contributed by atoms with Crippen molar-refractivity contribution in [1.82, 2.24) is 4.90 Å². The summed E-state index contributed by atoms with van der Waals surface area (Å²) < 4.78 is 38.1. The summed E-state index contributed by atoms with van der Waals surface area (Å²) in [6, 6.07) is 13.2. The van der Waals surface area contributed by atoms with Gasteiger partial charge in [0.1, 0.15) is 5.82 Å². The second kappa shape index (κ2) is 7.54. The van der Waals surface area contributed by atoms with Crippen LogP contribution in [0.15, 0.2) is 48.5 Å². The number of benzene rings is 2. The van der Waals surface area contributed by atoms with Crippen LogP contribution in [0.1, 0.15) is 30.9 Å². The summed E-state index contributed by atoms with van der Waals surface area (Å²) >= 11 is 0. The van der Waals surface area contributed by atoms with Crippen LogP contribution in [0, 0.1) is 5.82 Å². The second-order valence-corrected chi connectivity index (χ2v) is 10.4. The molecule has 2 saturated heterocycles. The summed E-state index contributed by atoms with van der Waals surface area (Å²) in [5.41, 5.74) is 2.77. The number of hydrogen-bond donors (Lipinski definition) is 0. The number of anilines is 1. The van der Waals surface area contributed by atoms with E-state index in [2.05, 4.69) is 13.8 Å². The van der Waals surface area contributed by atoms with Gasteiger partial charge in [-0.15, -0.1) is 0 Å². The molecule has 0 N–H and O–H groups in total. The molecule has 0 aromatic heterocycles. The number of amides is 1. The average Bonchev–Trinajstić information content (AvgIpc) is 2.99. The number of nitrogens with zero attached hydrogens (tertiary/aromatic N) is 2. The molecule has 4 rings (SSSR count). The van der Waals surface area contributed by atoms with E-state index >= 15 is 0 Å². The molecule has 0 bridgehead atoms. The zero-order valence-corrected chi connectivity index (χ0v) is 17.4. The number of fused-ring (bicyclic) bond motifs is 1. The summed E-state index contributed by atoms with van der Waals surface area (Å²) in [6.45, 7) is 4.77. The van der Waals surface area contributed by atoms with Gasteiger partial charge >= 0.3 is 0 Å². The third-order valence-corrected chi connectivity index (χ3v) is 7.54. The van der Waals surface area contributed by atoms with E-state index in [0.717, 1.165) is 11.3 Å². The molecule has 29 heavy (non-hydrogen) atoms. The van der Waals surface area contributed by atoms with E-state index in [4.69, 9.17) is 0 Å². The van der Waals surface area contributed by atoms with Crippen molar-refractivity contribution in [1.29, 1.82) is 0 Å². The molecule has 0 spiro atoms. The van der Waals surface area contributed by atoms with Gasteiger partial charge in [-0.05, 0) is 41.3 Å². The Morgan fingerprint density at radius 3 is 2.24 bits per heavy atom. The molecule has 0 saturated carbocycles. The van der Waals surface area contributed by atoms with E-state index in [1.807, 2.05) is 29.2 Å². The zero-order valence-electron chi connectivity index (χ0n) is 16.6. The molecular formula is C22H25FN2O3S. The first-order chi connectivity index (χ1) is 13.7. The number of rotatable bonds is 4. The second-order valence-electron chi connectivity index (χ2n) is 8.25. The fourth-order valence-corrected chi connectivity index (χ4v) is 6.29. The molecule has 2 aromatic rings. The van der Waals surface area contributed by atoms with Crippen LogP contribution in [0.3, 0.4) is 0 Å². The summed E-state index contributed by atoms with van der Waals surface area (Å²) in [5.74, 6) is -0.0439. The first-order valence-corrected chi connectivity index (χ1v) is 11.7. The number of carbonyl (C=O) groups is 1. The number of carbonyl (C=O) groups excluding carboxylic acids is 1.